The highest BCUT2D eigenvalue weighted by Crippen LogP contribution is 2.33. The van der Waals surface area contributed by atoms with Crippen LogP contribution in [0, 0.1) is 5.82 Å². The number of halogens is 1. The summed E-state index contributed by atoms with van der Waals surface area (Å²) < 4.78 is 22.2. The Morgan fingerprint density at radius 1 is 1.43 bits per heavy atom. The molecule has 21 heavy (non-hydrogen) atoms. The minimum Gasteiger partial charge on any atom is -0.457 e. The van der Waals surface area contributed by atoms with Crippen molar-refractivity contribution >= 4 is 21.4 Å². The van der Waals surface area contributed by atoms with Gasteiger partial charge < -0.3 is 10.1 Å². The average Bonchev–Trinajstić information content (AvgIpc) is 3.01. The van der Waals surface area contributed by atoms with Gasteiger partial charge in [0.05, 0.1) is 0 Å². The molecule has 0 aliphatic carbocycles. The Labute approximate surface area is 125 Å². The Kier molecular flexibility index (Phi) is 3.85. The van der Waals surface area contributed by atoms with Crippen LogP contribution in [0.5, 0.6) is 6.01 Å². The number of thiophene rings is 1. The van der Waals surface area contributed by atoms with Crippen molar-refractivity contribution in [3.8, 4) is 6.01 Å². The molecule has 0 saturated heterocycles. The van der Waals surface area contributed by atoms with Crippen LogP contribution in [0.15, 0.2) is 24.5 Å². The second-order valence-electron chi connectivity index (χ2n) is 4.64. The minimum absolute atomic E-state index is 0.223. The topological polar surface area (TPSA) is 52.0 Å². The van der Waals surface area contributed by atoms with E-state index in [1.165, 1.54) is 6.07 Å². The van der Waals surface area contributed by atoms with E-state index in [2.05, 4.69) is 15.4 Å². The van der Waals surface area contributed by atoms with E-state index in [1.807, 2.05) is 13.1 Å². The molecule has 0 amide bonds. The minimum atomic E-state index is -0.223. The van der Waals surface area contributed by atoms with Gasteiger partial charge in [-0.2, -0.15) is 4.98 Å². The fourth-order valence-corrected chi connectivity index (χ4v) is 3.43. The highest BCUT2D eigenvalue weighted by molar-refractivity contribution is 7.19. The normalized spacial score (nSPS) is 11.2. The zero-order valence-corrected chi connectivity index (χ0v) is 12.6. The Morgan fingerprint density at radius 3 is 3.00 bits per heavy atom. The van der Waals surface area contributed by atoms with E-state index in [1.54, 1.807) is 35.5 Å². The molecule has 0 aliphatic rings. The Bertz CT molecular complexity index is 768. The number of hydrogen-bond acceptors (Lipinski definition) is 5. The molecule has 0 unspecified atom stereocenters. The summed E-state index contributed by atoms with van der Waals surface area (Å²) in [6.07, 6.45) is 1.57. The lowest BCUT2D eigenvalue weighted by Crippen LogP contribution is -2.07. The zero-order chi connectivity index (χ0) is 14.8. The maximum atomic E-state index is 14.1. The molecule has 0 bridgehead atoms. The van der Waals surface area contributed by atoms with Crippen molar-refractivity contribution in [2.45, 2.75) is 13.2 Å². The standard InChI is InChI=1S/C14H15FN4OS/c1-16-6-12-9(7-20-14-17-8-19(2)18-14)13-10(15)4-3-5-11(13)21-12/h3-5,8,16H,6-7H2,1-2H3. The highest BCUT2D eigenvalue weighted by Gasteiger charge is 2.16. The summed E-state index contributed by atoms with van der Waals surface area (Å²) in [7, 11) is 3.64. The summed E-state index contributed by atoms with van der Waals surface area (Å²) in [6, 6.07) is 5.41. The maximum Gasteiger partial charge on any atom is 0.335 e. The molecular weight excluding hydrogens is 291 g/mol. The van der Waals surface area contributed by atoms with E-state index in [-0.39, 0.29) is 12.4 Å². The average molecular weight is 306 g/mol. The van der Waals surface area contributed by atoms with Crippen LogP contribution in [0.4, 0.5) is 4.39 Å². The van der Waals surface area contributed by atoms with Gasteiger partial charge in [0.2, 0.25) is 0 Å². The van der Waals surface area contributed by atoms with Crippen molar-refractivity contribution in [3.63, 3.8) is 0 Å². The van der Waals surface area contributed by atoms with Gasteiger partial charge in [-0.3, -0.25) is 4.68 Å². The lowest BCUT2D eigenvalue weighted by molar-refractivity contribution is 0.280. The van der Waals surface area contributed by atoms with Crippen molar-refractivity contribution in [1.29, 1.82) is 0 Å². The molecule has 3 rings (SSSR count). The monoisotopic (exact) mass is 306 g/mol. The Balaban J connectivity index is 1.96. The van der Waals surface area contributed by atoms with Gasteiger partial charge in [-0.25, -0.2) is 4.39 Å². The molecule has 1 aromatic carbocycles. The molecule has 0 atom stereocenters. The second kappa shape index (κ2) is 5.79. The SMILES string of the molecule is CNCc1sc2cccc(F)c2c1COc1ncn(C)n1. The number of nitrogens with one attached hydrogen (secondary N) is 1. The summed E-state index contributed by atoms with van der Waals surface area (Å²) >= 11 is 1.57. The molecule has 110 valence electrons. The first-order chi connectivity index (χ1) is 10.2. The summed E-state index contributed by atoms with van der Waals surface area (Å²) in [5, 5.41) is 7.80. The molecule has 7 heteroatoms. The lowest BCUT2D eigenvalue weighted by Gasteiger charge is -2.05. The van der Waals surface area contributed by atoms with Gasteiger partial charge in [-0.1, -0.05) is 6.07 Å². The lowest BCUT2D eigenvalue weighted by atomic mass is 10.1. The number of hydrogen-bond donors (Lipinski definition) is 1. The Morgan fingerprint density at radius 2 is 2.29 bits per heavy atom. The molecule has 0 spiro atoms. The van der Waals surface area contributed by atoms with Crippen molar-refractivity contribution < 1.29 is 9.13 Å². The van der Waals surface area contributed by atoms with Crippen molar-refractivity contribution in [2.75, 3.05) is 7.05 Å². The molecule has 3 aromatic rings. The van der Waals surface area contributed by atoms with E-state index in [0.29, 0.717) is 17.9 Å². The molecule has 2 aromatic heterocycles. The molecule has 0 radical (unpaired) electrons. The van der Waals surface area contributed by atoms with E-state index in [0.717, 1.165) is 15.1 Å². The van der Waals surface area contributed by atoms with Gasteiger partial charge in [-0.15, -0.1) is 16.4 Å². The van der Waals surface area contributed by atoms with Crippen molar-refractivity contribution in [1.82, 2.24) is 20.1 Å². The van der Waals surface area contributed by atoms with Crippen LogP contribution in [0.25, 0.3) is 10.1 Å². The van der Waals surface area contributed by atoms with Crippen LogP contribution >= 0.6 is 11.3 Å². The zero-order valence-electron chi connectivity index (χ0n) is 11.8. The number of fused-ring (bicyclic) bond motifs is 1. The molecule has 0 fully saturated rings. The van der Waals surface area contributed by atoms with Gasteiger partial charge in [0, 0.05) is 34.1 Å². The number of aryl methyl sites for hydroxylation is 1. The first-order valence-corrected chi connectivity index (χ1v) is 7.32. The van der Waals surface area contributed by atoms with Crippen LogP contribution in [-0.4, -0.2) is 21.8 Å². The van der Waals surface area contributed by atoms with E-state index in [9.17, 15) is 4.39 Å². The summed E-state index contributed by atoms with van der Waals surface area (Å²) in [6.45, 7) is 0.926. The van der Waals surface area contributed by atoms with Gasteiger partial charge in [0.1, 0.15) is 18.8 Å². The summed E-state index contributed by atoms with van der Waals surface area (Å²) in [5.41, 5.74) is 0.856. The molecule has 1 N–H and O–H groups in total. The third kappa shape index (κ3) is 2.74. The second-order valence-corrected chi connectivity index (χ2v) is 5.77. The summed E-state index contributed by atoms with van der Waals surface area (Å²) in [4.78, 5) is 5.08. The van der Waals surface area contributed by atoms with E-state index < -0.39 is 0 Å². The predicted octanol–water partition coefficient (Wildman–Crippen LogP) is 2.47. The fraction of sp³-hybridized carbons (Fsp3) is 0.286. The molecule has 0 saturated carbocycles. The van der Waals surface area contributed by atoms with Crippen LogP contribution in [0.3, 0.4) is 0 Å². The van der Waals surface area contributed by atoms with Gasteiger partial charge in [-0.05, 0) is 19.2 Å². The first-order valence-electron chi connectivity index (χ1n) is 6.51. The largest absolute Gasteiger partial charge is 0.457 e. The molecule has 5 nitrogen and oxygen atoms in total. The Hall–Kier alpha value is -1.99. The van der Waals surface area contributed by atoms with Gasteiger partial charge in [0.15, 0.2) is 0 Å². The number of ether oxygens (including phenoxy) is 1. The number of benzene rings is 1. The van der Waals surface area contributed by atoms with E-state index in [4.69, 9.17) is 4.74 Å². The van der Waals surface area contributed by atoms with Crippen molar-refractivity contribution in [2.24, 2.45) is 7.05 Å². The third-order valence-corrected chi connectivity index (χ3v) is 4.31. The quantitative estimate of drug-likeness (QED) is 0.787. The number of rotatable bonds is 5. The first kappa shape index (κ1) is 14.0. The number of nitrogens with zero attached hydrogens (tertiary/aromatic N) is 3. The van der Waals surface area contributed by atoms with Crippen LogP contribution < -0.4 is 10.1 Å². The molecular formula is C14H15FN4OS. The fourth-order valence-electron chi connectivity index (χ4n) is 2.19. The van der Waals surface area contributed by atoms with Crippen LogP contribution in [-0.2, 0) is 20.2 Å². The predicted molar refractivity (Wildman–Crippen MR) is 79.9 cm³/mol. The third-order valence-electron chi connectivity index (χ3n) is 3.11. The highest BCUT2D eigenvalue weighted by atomic mass is 32.1. The maximum absolute atomic E-state index is 14.1. The van der Waals surface area contributed by atoms with Gasteiger partial charge >= 0.3 is 6.01 Å². The molecule has 0 aliphatic heterocycles. The number of aromatic nitrogens is 3. The van der Waals surface area contributed by atoms with Crippen LogP contribution in [0.1, 0.15) is 10.4 Å². The smallest absolute Gasteiger partial charge is 0.335 e. The van der Waals surface area contributed by atoms with Crippen LogP contribution in [0.2, 0.25) is 0 Å². The van der Waals surface area contributed by atoms with Gasteiger partial charge in [0.25, 0.3) is 0 Å². The molecule has 2 heterocycles. The summed E-state index contributed by atoms with van der Waals surface area (Å²) in [5.74, 6) is -0.223. The van der Waals surface area contributed by atoms with E-state index >= 15 is 0 Å². The van der Waals surface area contributed by atoms with Crippen molar-refractivity contribution in [3.05, 3.63) is 40.8 Å².